The number of hydrogen-bond donors (Lipinski definition) is 1. The van der Waals surface area contributed by atoms with Gasteiger partial charge in [-0.15, -0.1) is 0 Å². The summed E-state index contributed by atoms with van der Waals surface area (Å²) in [4.78, 5) is 12.2. The maximum Gasteiger partial charge on any atom is 0.284 e. The van der Waals surface area contributed by atoms with E-state index in [-0.39, 0.29) is 12.5 Å². The first-order chi connectivity index (χ1) is 12.3. The Hall–Kier alpha value is -3.34. The summed E-state index contributed by atoms with van der Waals surface area (Å²) in [7, 11) is 0. The lowest BCUT2D eigenvalue weighted by molar-refractivity contribution is -0.130. The van der Waals surface area contributed by atoms with Crippen LogP contribution in [0.5, 0.6) is 11.5 Å². The van der Waals surface area contributed by atoms with Crippen molar-refractivity contribution < 1.29 is 14.3 Å². The summed E-state index contributed by atoms with van der Waals surface area (Å²) >= 11 is 0. The molecule has 3 aromatic carbocycles. The molecule has 0 bridgehead atoms. The van der Waals surface area contributed by atoms with Gasteiger partial charge in [0.15, 0.2) is 11.5 Å². The highest BCUT2D eigenvalue weighted by Crippen LogP contribution is 2.30. The number of benzene rings is 3. The molecule has 0 radical (unpaired) electrons. The van der Waals surface area contributed by atoms with E-state index in [1.54, 1.807) is 18.3 Å². The Morgan fingerprint density at radius 1 is 1.00 bits per heavy atom. The zero-order valence-corrected chi connectivity index (χ0v) is 13.4. The van der Waals surface area contributed by atoms with Crippen molar-refractivity contribution in [2.75, 3.05) is 6.61 Å². The summed E-state index contributed by atoms with van der Waals surface area (Å²) in [5.41, 5.74) is 3.41. The van der Waals surface area contributed by atoms with Crippen molar-refractivity contribution in [1.29, 1.82) is 0 Å². The first-order valence-corrected chi connectivity index (χ1v) is 8.00. The Labute approximate surface area is 144 Å². The summed E-state index contributed by atoms with van der Waals surface area (Å²) in [6.07, 6.45) is 0.894. The molecule has 124 valence electrons. The Balaban J connectivity index is 1.40. The second-order valence-electron chi connectivity index (χ2n) is 5.71. The molecule has 1 N–H and O–H groups in total. The number of nitrogens with one attached hydrogen (secondary N) is 1. The molecule has 1 heterocycles. The van der Waals surface area contributed by atoms with Crippen molar-refractivity contribution in [2.24, 2.45) is 5.10 Å². The Morgan fingerprint density at radius 3 is 2.64 bits per heavy atom. The van der Waals surface area contributed by atoms with Gasteiger partial charge < -0.3 is 9.47 Å². The van der Waals surface area contributed by atoms with E-state index in [0.717, 1.165) is 16.3 Å². The third kappa shape index (κ3) is 3.30. The zero-order chi connectivity index (χ0) is 17.1. The summed E-state index contributed by atoms with van der Waals surface area (Å²) < 4.78 is 11.2. The lowest BCUT2D eigenvalue weighted by Crippen LogP contribution is -2.42. The van der Waals surface area contributed by atoms with E-state index in [1.165, 1.54) is 0 Å². The lowest BCUT2D eigenvalue weighted by Gasteiger charge is -2.24. The van der Waals surface area contributed by atoms with Gasteiger partial charge in [0.1, 0.15) is 6.61 Å². The highest BCUT2D eigenvalue weighted by molar-refractivity contribution is 5.91. The summed E-state index contributed by atoms with van der Waals surface area (Å²) in [6, 6.07) is 21.3. The number of fused-ring (bicyclic) bond motifs is 2. The van der Waals surface area contributed by atoms with Crippen LogP contribution in [0.15, 0.2) is 71.8 Å². The topological polar surface area (TPSA) is 59.9 Å². The van der Waals surface area contributed by atoms with Gasteiger partial charge >= 0.3 is 0 Å². The largest absolute Gasteiger partial charge is 0.485 e. The van der Waals surface area contributed by atoms with E-state index < -0.39 is 6.10 Å². The molecule has 1 amide bonds. The van der Waals surface area contributed by atoms with Crippen molar-refractivity contribution in [3.05, 3.63) is 72.3 Å². The molecule has 0 saturated carbocycles. The highest BCUT2D eigenvalue weighted by atomic mass is 16.6. The van der Waals surface area contributed by atoms with Crippen molar-refractivity contribution in [1.82, 2.24) is 5.43 Å². The van der Waals surface area contributed by atoms with E-state index in [9.17, 15) is 4.79 Å². The van der Waals surface area contributed by atoms with Crippen LogP contribution < -0.4 is 14.9 Å². The van der Waals surface area contributed by atoms with Crippen LogP contribution in [0.2, 0.25) is 0 Å². The predicted molar refractivity (Wildman–Crippen MR) is 96.0 cm³/mol. The Bertz CT molecular complexity index is 952. The quantitative estimate of drug-likeness (QED) is 0.592. The van der Waals surface area contributed by atoms with Crippen LogP contribution in [-0.4, -0.2) is 24.8 Å². The van der Waals surface area contributed by atoms with Gasteiger partial charge in [0.25, 0.3) is 5.91 Å². The molecule has 0 fully saturated rings. The molecule has 4 rings (SSSR count). The van der Waals surface area contributed by atoms with Gasteiger partial charge in [0.05, 0.1) is 6.21 Å². The highest BCUT2D eigenvalue weighted by Gasteiger charge is 2.26. The average Bonchev–Trinajstić information content (AvgIpc) is 2.67. The van der Waals surface area contributed by atoms with Gasteiger partial charge in [-0.3, -0.25) is 4.79 Å². The minimum Gasteiger partial charge on any atom is -0.485 e. The number of carbonyl (C=O) groups excluding carboxylic acids is 1. The molecule has 0 aliphatic carbocycles. The molecule has 5 heteroatoms. The molecule has 0 saturated heterocycles. The predicted octanol–water partition coefficient (Wildman–Crippen LogP) is 3.13. The van der Waals surface area contributed by atoms with Gasteiger partial charge in [-0.05, 0) is 34.5 Å². The number of amides is 1. The number of rotatable bonds is 3. The molecule has 5 nitrogen and oxygen atoms in total. The Kier molecular flexibility index (Phi) is 4.04. The van der Waals surface area contributed by atoms with Gasteiger partial charge in [-0.1, -0.05) is 48.5 Å². The molecule has 1 aliphatic rings. The monoisotopic (exact) mass is 332 g/mol. The molecule has 1 aliphatic heterocycles. The first kappa shape index (κ1) is 15.2. The minimum absolute atomic E-state index is 0.161. The van der Waals surface area contributed by atoms with Crippen LogP contribution in [0.25, 0.3) is 10.8 Å². The molecule has 0 unspecified atom stereocenters. The molecular weight excluding hydrogens is 316 g/mol. The van der Waals surface area contributed by atoms with E-state index >= 15 is 0 Å². The van der Waals surface area contributed by atoms with Gasteiger partial charge in [-0.2, -0.15) is 5.10 Å². The van der Waals surface area contributed by atoms with Crippen LogP contribution in [-0.2, 0) is 4.79 Å². The number of ether oxygens (including phenoxy) is 2. The maximum absolute atomic E-state index is 12.2. The fourth-order valence-electron chi connectivity index (χ4n) is 2.68. The fraction of sp³-hybridized carbons (Fsp3) is 0.100. The van der Waals surface area contributed by atoms with Crippen LogP contribution in [0, 0.1) is 0 Å². The number of carbonyl (C=O) groups is 1. The molecule has 1 atom stereocenters. The molecular formula is C20H16N2O3. The molecule has 25 heavy (non-hydrogen) atoms. The lowest BCUT2D eigenvalue weighted by atomic mass is 10.1. The van der Waals surface area contributed by atoms with Crippen molar-refractivity contribution in [3.8, 4) is 11.5 Å². The van der Waals surface area contributed by atoms with Crippen molar-refractivity contribution >= 4 is 22.9 Å². The normalized spacial score (nSPS) is 16.1. The molecule has 3 aromatic rings. The fourth-order valence-corrected chi connectivity index (χ4v) is 2.68. The number of hydrazone groups is 1. The van der Waals surface area contributed by atoms with Gasteiger partial charge in [0.2, 0.25) is 6.10 Å². The van der Waals surface area contributed by atoms with Crippen molar-refractivity contribution in [2.45, 2.75) is 6.10 Å². The standard InChI is InChI=1S/C20H16N2O3/c23-20(19-13-24-17-7-3-4-8-18(17)25-19)22-21-12-14-9-10-15-5-1-2-6-16(15)11-14/h1-12,19H,13H2,(H,22,23)/b21-12-/t19-/m0/s1. The summed E-state index contributed by atoms with van der Waals surface area (Å²) in [5.74, 6) is 0.866. The SMILES string of the molecule is O=C(N/N=C\c1ccc2ccccc2c1)[C@@H]1COc2ccccc2O1. The van der Waals surface area contributed by atoms with Crippen LogP contribution >= 0.6 is 0 Å². The smallest absolute Gasteiger partial charge is 0.284 e. The average molecular weight is 332 g/mol. The first-order valence-electron chi connectivity index (χ1n) is 8.00. The Morgan fingerprint density at radius 2 is 1.76 bits per heavy atom. The molecule has 0 aromatic heterocycles. The van der Waals surface area contributed by atoms with E-state index in [2.05, 4.69) is 16.6 Å². The van der Waals surface area contributed by atoms with Crippen molar-refractivity contribution in [3.63, 3.8) is 0 Å². The number of nitrogens with zero attached hydrogens (tertiary/aromatic N) is 1. The van der Waals surface area contributed by atoms with E-state index in [4.69, 9.17) is 9.47 Å². The summed E-state index contributed by atoms with van der Waals surface area (Å²) in [6.45, 7) is 0.161. The third-order valence-corrected chi connectivity index (χ3v) is 3.96. The minimum atomic E-state index is -0.719. The summed E-state index contributed by atoms with van der Waals surface area (Å²) in [5, 5.41) is 6.31. The third-order valence-electron chi connectivity index (χ3n) is 3.96. The second-order valence-corrected chi connectivity index (χ2v) is 5.71. The van der Waals surface area contributed by atoms with Crippen LogP contribution in [0.1, 0.15) is 5.56 Å². The van der Waals surface area contributed by atoms with E-state index in [1.807, 2.05) is 48.5 Å². The van der Waals surface area contributed by atoms with Gasteiger partial charge in [-0.25, -0.2) is 5.43 Å². The van der Waals surface area contributed by atoms with Gasteiger partial charge in [0, 0.05) is 0 Å². The van der Waals surface area contributed by atoms with Crippen LogP contribution in [0.4, 0.5) is 0 Å². The molecule has 0 spiro atoms. The zero-order valence-electron chi connectivity index (χ0n) is 13.4. The maximum atomic E-state index is 12.2. The second kappa shape index (κ2) is 6.65. The van der Waals surface area contributed by atoms with E-state index in [0.29, 0.717) is 11.5 Å². The van der Waals surface area contributed by atoms with Crippen LogP contribution in [0.3, 0.4) is 0 Å². The number of hydrogen-bond acceptors (Lipinski definition) is 4. The number of para-hydroxylation sites is 2.